The SMILES string of the molecule is CNC(c1c(C)cc(F)cc1C)C1CCC(C)CC1. The predicted octanol–water partition coefficient (Wildman–Crippen LogP) is 4.53. The highest BCUT2D eigenvalue weighted by atomic mass is 19.1. The van der Waals surface area contributed by atoms with E-state index in [4.69, 9.17) is 0 Å². The Morgan fingerprint density at radius 3 is 2.11 bits per heavy atom. The summed E-state index contributed by atoms with van der Waals surface area (Å²) in [5.41, 5.74) is 3.47. The minimum Gasteiger partial charge on any atom is -0.313 e. The van der Waals surface area contributed by atoms with Crippen LogP contribution in [0.1, 0.15) is 55.3 Å². The first-order valence-electron chi connectivity index (χ1n) is 7.46. The van der Waals surface area contributed by atoms with Crippen LogP contribution in [-0.2, 0) is 0 Å². The highest BCUT2D eigenvalue weighted by Crippen LogP contribution is 2.38. The Balaban J connectivity index is 2.27. The zero-order chi connectivity index (χ0) is 14.0. The van der Waals surface area contributed by atoms with E-state index in [1.54, 1.807) is 12.1 Å². The van der Waals surface area contributed by atoms with Gasteiger partial charge in [0.05, 0.1) is 0 Å². The molecule has 0 amide bonds. The zero-order valence-electron chi connectivity index (χ0n) is 12.6. The van der Waals surface area contributed by atoms with Gasteiger partial charge in [0, 0.05) is 6.04 Å². The standard InChI is InChI=1S/C17H26FN/c1-11-5-7-14(8-6-11)17(19-4)16-12(2)9-15(18)10-13(16)3/h9-11,14,17,19H,5-8H2,1-4H3. The third-order valence-corrected chi connectivity index (χ3v) is 4.71. The van der Waals surface area contributed by atoms with E-state index in [2.05, 4.69) is 12.2 Å². The molecule has 2 rings (SSSR count). The average Bonchev–Trinajstić information content (AvgIpc) is 2.35. The average molecular weight is 263 g/mol. The summed E-state index contributed by atoms with van der Waals surface area (Å²) in [5, 5.41) is 3.48. The van der Waals surface area contributed by atoms with Crippen LogP contribution in [0.5, 0.6) is 0 Å². The van der Waals surface area contributed by atoms with Gasteiger partial charge in [0.25, 0.3) is 0 Å². The van der Waals surface area contributed by atoms with Gasteiger partial charge in [-0.1, -0.05) is 19.8 Å². The molecule has 1 nitrogen and oxygen atoms in total. The van der Waals surface area contributed by atoms with Gasteiger partial charge in [-0.25, -0.2) is 4.39 Å². The first-order chi connectivity index (χ1) is 9.02. The van der Waals surface area contributed by atoms with Gasteiger partial charge >= 0.3 is 0 Å². The first kappa shape index (κ1) is 14.5. The molecule has 1 unspecified atom stereocenters. The number of hydrogen-bond donors (Lipinski definition) is 1. The van der Waals surface area contributed by atoms with Crippen molar-refractivity contribution in [3.8, 4) is 0 Å². The maximum absolute atomic E-state index is 13.4. The summed E-state index contributed by atoms with van der Waals surface area (Å²) in [6.45, 7) is 6.40. The van der Waals surface area contributed by atoms with Crippen molar-refractivity contribution in [2.45, 2.75) is 52.5 Å². The number of nitrogens with one attached hydrogen (secondary N) is 1. The molecule has 19 heavy (non-hydrogen) atoms. The molecule has 1 fully saturated rings. The van der Waals surface area contributed by atoms with E-state index in [0.29, 0.717) is 12.0 Å². The second-order valence-electron chi connectivity index (χ2n) is 6.24. The molecule has 106 valence electrons. The van der Waals surface area contributed by atoms with Crippen molar-refractivity contribution < 1.29 is 4.39 Å². The van der Waals surface area contributed by atoms with Crippen LogP contribution in [-0.4, -0.2) is 7.05 Å². The Morgan fingerprint density at radius 1 is 1.11 bits per heavy atom. The summed E-state index contributed by atoms with van der Waals surface area (Å²) in [4.78, 5) is 0. The highest BCUT2D eigenvalue weighted by Gasteiger charge is 2.28. The van der Waals surface area contributed by atoms with Gasteiger partial charge in [0.1, 0.15) is 5.82 Å². The van der Waals surface area contributed by atoms with Crippen molar-refractivity contribution in [2.24, 2.45) is 11.8 Å². The van der Waals surface area contributed by atoms with Gasteiger partial charge < -0.3 is 5.32 Å². The van der Waals surface area contributed by atoms with Gasteiger partial charge in [-0.3, -0.25) is 0 Å². The molecule has 1 N–H and O–H groups in total. The molecule has 1 aromatic carbocycles. The van der Waals surface area contributed by atoms with Crippen LogP contribution in [0.2, 0.25) is 0 Å². The molecule has 0 spiro atoms. The van der Waals surface area contributed by atoms with Gasteiger partial charge in [-0.15, -0.1) is 0 Å². The van der Waals surface area contributed by atoms with Crippen LogP contribution in [0.3, 0.4) is 0 Å². The summed E-state index contributed by atoms with van der Waals surface area (Å²) in [6, 6.07) is 3.70. The van der Waals surface area contributed by atoms with Crippen molar-refractivity contribution in [1.82, 2.24) is 5.32 Å². The fraction of sp³-hybridized carbons (Fsp3) is 0.647. The Morgan fingerprint density at radius 2 is 1.63 bits per heavy atom. The number of benzene rings is 1. The van der Waals surface area contributed by atoms with Gasteiger partial charge in [0.15, 0.2) is 0 Å². The minimum atomic E-state index is -0.120. The summed E-state index contributed by atoms with van der Waals surface area (Å²) >= 11 is 0. The summed E-state index contributed by atoms with van der Waals surface area (Å²) in [7, 11) is 2.03. The smallest absolute Gasteiger partial charge is 0.123 e. The summed E-state index contributed by atoms with van der Waals surface area (Å²) in [6.07, 6.45) is 5.20. The quantitative estimate of drug-likeness (QED) is 0.845. The lowest BCUT2D eigenvalue weighted by Crippen LogP contribution is -2.29. The molecule has 1 aliphatic carbocycles. The molecule has 1 saturated carbocycles. The number of halogens is 1. The summed E-state index contributed by atoms with van der Waals surface area (Å²) in [5.74, 6) is 1.43. The maximum Gasteiger partial charge on any atom is 0.123 e. The zero-order valence-corrected chi connectivity index (χ0v) is 12.6. The van der Waals surface area contributed by atoms with Gasteiger partial charge in [-0.2, -0.15) is 0 Å². The van der Waals surface area contributed by atoms with Crippen molar-refractivity contribution in [1.29, 1.82) is 0 Å². The van der Waals surface area contributed by atoms with Crippen molar-refractivity contribution in [3.05, 3.63) is 34.6 Å². The lowest BCUT2D eigenvalue weighted by atomic mass is 9.76. The largest absolute Gasteiger partial charge is 0.313 e. The predicted molar refractivity (Wildman–Crippen MR) is 78.8 cm³/mol. The van der Waals surface area contributed by atoms with Gasteiger partial charge in [-0.05, 0) is 74.4 Å². The number of hydrogen-bond acceptors (Lipinski definition) is 1. The molecule has 1 atom stereocenters. The number of aryl methyl sites for hydroxylation is 2. The van der Waals surface area contributed by atoms with E-state index in [9.17, 15) is 4.39 Å². The first-order valence-corrected chi connectivity index (χ1v) is 7.46. The minimum absolute atomic E-state index is 0.120. The molecular weight excluding hydrogens is 237 g/mol. The molecule has 0 saturated heterocycles. The highest BCUT2D eigenvalue weighted by molar-refractivity contribution is 5.37. The second kappa shape index (κ2) is 6.04. The van der Waals surface area contributed by atoms with Crippen molar-refractivity contribution in [2.75, 3.05) is 7.05 Å². The van der Waals surface area contributed by atoms with Crippen molar-refractivity contribution >= 4 is 0 Å². The lowest BCUT2D eigenvalue weighted by Gasteiger charge is -2.34. The molecule has 0 aliphatic heterocycles. The molecule has 0 bridgehead atoms. The van der Waals surface area contributed by atoms with E-state index in [1.165, 1.54) is 31.2 Å². The molecule has 2 heteroatoms. The van der Waals surface area contributed by atoms with Crippen LogP contribution in [0, 0.1) is 31.5 Å². The van der Waals surface area contributed by atoms with E-state index in [0.717, 1.165) is 17.0 Å². The third-order valence-electron chi connectivity index (χ3n) is 4.71. The Hall–Kier alpha value is -0.890. The van der Waals surface area contributed by atoms with Gasteiger partial charge in [0.2, 0.25) is 0 Å². The van der Waals surface area contributed by atoms with E-state index >= 15 is 0 Å². The topological polar surface area (TPSA) is 12.0 Å². The fourth-order valence-electron chi connectivity index (χ4n) is 3.65. The van der Waals surface area contributed by atoms with E-state index in [1.807, 2.05) is 20.9 Å². The Labute approximate surface area is 116 Å². The molecule has 0 aromatic heterocycles. The van der Waals surface area contributed by atoms with Crippen LogP contribution in [0.4, 0.5) is 4.39 Å². The molecular formula is C17H26FN. The van der Waals surface area contributed by atoms with Crippen LogP contribution in [0.15, 0.2) is 12.1 Å². The van der Waals surface area contributed by atoms with E-state index < -0.39 is 0 Å². The Kier molecular flexibility index (Phi) is 4.62. The normalized spacial score (nSPS) is 25.3. The molecule has 1 aromatic rings. The number of rotatable bonds is 3. The second-order valence-corrected chi connectivity index (χ2v) is 6.24. The van der Waals surface area contributed by atoms with Crippen molar-refractivity contribution in [3.63, 3.8) is 0 Å². The summed E-state index contributed by atoms with van der Waals surface area (Å²) < 4.78 is 13.4. The lowest BCUT2D eigenvalue weighted by molar-refractivity contribution is 0.237. The van der Waals surface area contributed by atoms with Crippen LogP contribution in [0.25, 0.3) is 0 Å². The monoisotopic (exact) mass is 263 g/mol. The van der Waals surface area contributed by atoms with Crippen LogP contribution < -0.4 is 5.32 Å². The van der Waals surface area contributed by atoms with E-state index in [-0.39, 0.29) is 5.82 Å². The molecule has 1 aliphatic rings. The fourth-order valence-corrected chi connectivity index (χ4v) is 3.65. The van der Waals surface area contributed by atoms with Crippen LogP contribution >= 0.6 is 0 Å². The third kappa shape index (κ3) is 3.17. The molecule has 0 radical (unpaired) electrons. The molecule has 0 heterocycles. The maximum atomic E-state index is 13.4. The Bertz CT molecular complexity index is 410.